The molecular weight excluding hydrogens is 212 g/mol. The molecule has 90 valence electrons. The highest BCUT2D eigenvalue weighted by Gasteiger charge is 2.23. The number of hydrogen-bond donors (Lipinski definition) is 0. The normalized spacial score (nSPS) is 10.8. The minimum atomic E-state index is -0.385. The van der Waals surface area contributed by atoms with E-state index in [0.29, 0.717) is 11.3 Å². The molecule has 0 aromatic heterocycles. The third-order valence-electron chi connectivity index (χ3n) is 2.48. The summed E-state index contributed by atoms with van der Waals surface area (Å²) in [5.74, 6) is 0.134. The van der Waals surface area contributed by atoms with Crippen LogP contribution >= 0.6 is 0 Å². The van der Waals surface area contributed by atoms with Crippen LogP contribution in [0, 0.1) is 5.41 Å². The zero-order valence-corrected chi connectivity index (χ0v) is 10.6. The Morgan fingerprint density at radius 2 is 1.76 bits per heavy atom. The minimum absolute atomic E-state index is 0.280. The predicted molar refractivity (Wildman–Crippen MR) is 70.8 cm³/mol. The molecule has 0 heterocycles. The lowest BCUT2D eigenvalue weighted by molar-refractivity contribution is -0.131. The summed E-state index contributed by atoms with van der Waals surface area (Å²) in [5.41, 5.74) is 1.17. The Kier molecular flexibility index (Phi) is 3.89. The molecule has 0 saturated heterocycles. The third-order valence-corrected chi connectivity index (χ3v) is 2.48. The van der Waals surface area contributed by atoms with Gasteiger partial charge in [-0.3, -0.25) is 0 Å². The maximum atomic E-state index is 11.8. The Labute approximate surface area is 103 Å². The van der Waals surface area contributed by atoms with Crippen LogP contribution in [0.15, 0.2) is 43.0 Å². The van der Waals surface area contributed by atoms with E-state index in [1.165, 1.54) is 0 Å². The first-order valence-corrected chi connectivity index (χ1v) is 5.48. The highest BCUT2D eigenvalue weighted by Crippen LogP contribution is 2.25. The molecule has 0 fully saturated rings. The van der Waals surface area contributed by atoms with E-state index < -0.39 is 0 Å². The van der Waals surface area contributed by atoms with Gasteiger partial charge in [0.2, 0.25) is 0 Å². The summed E-state index contributed by atoms with van der Waals surface area (Å²) in [6.07, 6.45) is 1.74. The second-order valence-electron chi connectivity index (χ2n) is 4.89. The standard InChI is InChI=1S/C15H18O2/c1-6-12-7-9-13(10-8-12)17-14(16)11(2)15(3,4)5/h6-10H,1-2H2,3-5H3. The number of rotatable bonds is 3. The van der Waals surface area contributed by atoms with Gasteiger partial charge in [-0.15, -0.1) is 0 Å². The van der Waals surface area contributed by atoms with Crippen molar-refractivity contribution in [2.45, 2.75) is 20.8 Å². The van der Waals surface area contributed by atoms with E-state index in [1.54, 1.807) is 18.2 Å². The summed E-state index contributed by atoms with van der Waals surface area (Å²) < 4.78 is 5.23. The van der Waals surface area contributed by atoms with Gasteiger partial charge in [0.25, 0.3) is 0 Å². The zero-order chi connectivity index (χ0) is 13.1. The van der Waals surface area contributed by atoms with Crippen LogP contribution in [-0.2, 0) is 4.79 Å². The van der Waals surface area contributed by atoms with Crippen LogP contribution in [0.2, 0.25) is 0 Å². The lowest BCUT2D eigenvalue weighted by atomic mass is 9.88. The molecule has 0 atom stereocenters. The molecule has 1 rings (SSSR count). The maximum Gasteiger partial charge on any atom is 0.339 e. The quantitative estimate of drug-likeness (QED) is 0.448. The molecule has 0 aliphatic heterocycles. The molecule has 1 aromatic carbocycles. The van der Waals surface area contributed by atoms with Gasteiger partial charge < -0.3 is 4.74 Å². The van der Waals surface area contributed by atoms with Gasteiger partial charge in [-0.05, 0) is 23.1 Å². The maximum absolute atomic E-state index is 11.8. The van der Waals surface area contributed by atoms with E-state index >= 15 is 0 Å². The van der Waals surface area contributed by atoms with Gasteiger partial charge in [-0.2, -0.15) is 0 Å². The molecule has 2 nitrogen and oxygen atoms in total. The van der Waals surface area contributed by atoms with Crippen LogP contribution in [-0.4, -0.2) is 5.97 Å². The van der Waals surface area contributed by atoms with E-state index in [2.05, 4.69) is 13.2 Å². The second kappa shape index (κ2) is 5.00. The van der Waals surface area contributed by atoms with Crippen LogP contribution in [0.3, 0.4) is 0 Å². The van der Waals surface area contributed by atoms with E-state index in [9.17, 15) is 4.79 Å². The lowest BCUT2D eigenvalue weighted by Crippen LogP contribution is -2.21. The summed E-state index contributed by atoms with van der Waals surface area (Å²) in [4.78, 5) is 11.8. The summed E-state index contributed by atoms with van der Waals surface area (Å²) in [6, 6.07) is 7.17. The molecule has 0 amide bonds. The highest BCUT2D eigenvalue weighted by atomic mass is 16.5. The minimum Gasteiger partial charge on any atom is -0.423 e. The van der Waals surface area contributed by atoms with Crippen molar-refractivity contribution in [3.63, 3.8) is 0 Å². The first-order valence-electron chi connectivity index (χ1n) is 5.48. The molecule has 0 radical (unpaired) electrons. The first-order chi connectivity index (χ1) is 7.84. The molecule has 0 aliphatic rings. The summed E-state index contributed by atoms with van der Waals surface area (Å²) >= 11 is 0. The molecule has 2 heteroatoms. The molecule has 0 N–H and O–H groups in total. The van der Waals surface area contributed by atoms with E-state index in [0.717, 1.165) is 5.56 Å². The van der Waals surface area contributed by atoms with Gasteiger partial charge in [0.05, 0.1) is 0 Å². The predicted octanol–water partition coefficient (Wildman–Crippen LogP) is 3.84. The van der Waals surface area contributed by atoms with Crippen molar-refractivity contribution in [1.82, 2.24) is 0 Å². The lowest BCUT2D eigenvalue weighted by Gasteiger charge is -2.19. The monoisotopic (exact) mass is 230 g/mol. The van der Waals surface area contributed by atoms with Crippen molar-refractivity contribution in [1.29, 1.82) is 0 Å². The van der Waals surface area contributed by atoms with Gasteiger partial charge in [0.15, 0.2) is 0 Å². The largest absolute Gasteiger partial charge is 0.423 e. The van der Waals surface area contributed by atoms with Crippen molar-refractivity contribution in [2.24, 2.45) is 5.41 Å². The molecule has 0 unspecified atom stereocenters. The van der Waals surface area contributed by atoms with E-state index in [-0.39, 0.29) is 11.4 Å². The fourth-order valence-electron chi connectivity index (χ4n) is 1.15. The Morgan fingerprint density at radius 1 is 1.24 bits per heavy atom. The SMILES string of the molecule is C=Cc1ccc(OC(=O)C(=C)C(C)(C)C)cc1. The number of benzene rings is 1. The molecule has 0 saturated carbocycles. The second-order valence-corrected chi connectivity index (χ2v) is 4.89. The average Bonchev–Trinajstić information content (AvgIpc) is 2.27. The van der Waals surface area contributed by atoms with Crippen LogP contribution < -0.4 is 4.74 Å². The van der Waals surface area contributed by atoms with Gasteiger partial charge in [-0.25, -0.2) is 4.79 Å². The number of hydrogen-bond acceptors (Lipinski definition) is 2. The van der Waals surface area contributed by atoms with E-state index in [1.807, 2.05) is 32.9 Å². The van der Waals surface area contributed by atoms with Gasteiger partial charge in [-0.1, -0.05) is 52.1 Å². The topological polar surface area (TPSA) is 26.3 Å². The third kappa shape index (κ3) is 3.59. The Bertz CT molecular complexity index is 433. The van der Waals surface area contributed by atoms with Crippen molar-refractivity contribution < 1.29 is 9.53 Å². The molecule has 0 aliphatic carbocycles. The number of carbonyl (C=O) groups is 1. The van der Waals surface area contributed by atoms with Gasteiger partial charge in [0, 0.05) is 5.57 Å². The highest BCUT2D eigenvalue weighted by molar-refractivity contribution is 5.90. The fourth-order valence-corrected chi connectivity index (χ4v) is 1.15. The summed E-state index contributed by atoms with van der Waals surface area (Å²) in [7, 11) is 0. The van der Waals surface area contributed by atoms with Crippen LogP contribution in [0.5, 0.6) is 5.75 Å². The average molecular weight is 230 g/mol. The summed E-state index contributed by atoms with van der Waals surface area (Å²) in [5, 5.41) is 0. The first kappa shape index (κ1) is 13.2. The molecule has 17 heavy (non-hydrogen) atoms. The van der Waals surface area contributed by atoms with Gasteiger partial charge >= 0.3 is 5.97 Å². The molecular formula is C15H18O2. The van der Waals surface area contributed by atoms with Crippen molar-refractivity contribution in [2.75, 3.05) is 0 Å². The number of ether oxygens (including phenoxy) is 1. The Hall–Kier alpha value is -1.83. The molecule has 1 aromatic rings. The molecule has 0 spiro atoms. The van der Waals surface area contributed by atoms with Crippen LogP contribution in [0.25, 0.3) is 6.08 Å². The Morgan fingerprint density at radius 3 is 2.18 bits per heavy atom. The summed E-state index contributed by atoms with van der Waals surface area (Å²) in [6.45, 7) is 13.2. The number of carbonyl (C=O) groups excluding carboxylic acids is 1. The number of esters is 1. The van der Waals surface area contributed by atoms with Crippen molar-refractivity contribution in [3.05, 3.63) is 48.6 Å². The van der Waals surface area contributed by atoms with Gasteiger partial charge in [0.1, 0.15) is 5.75 Å². The fraction of sp³-hybridized carbons (Fsp3) is 0.267. The zero-order valence-electron chi connectivity index (χ0n) is 10.6. The molecule has 0 bridgehead atoms. The Balaban J connectivity index is 2.74. The van der Waals surface area contributed by atoms with Crippen molar-refractivity contribution in [3.8, 4) is 5.75 Å². The van der Waals surface area contributed by atoms with E-state index in [4.69, 9.17) is 4.74 Å². The van der Waals surface area contributed by atoms with Crippen molar-refractivity contribution >= 4 is 12.0 Å². The van der Waals surface area contributed by atoms with Crippen LogP contribution in [0.1, 0.15) is 26.3 Å². The smallest absolute Gasteiger partial charge is 0.339 e. The van der Waals surface area contributed by atoms with Crippen LogP contribution in [0.4, 0.5) is 0 Å².